The summed E-state index contributed by atoms with van der Waals surface area (Å²) in [6.07, 6.45) is 4.40. The molecule has 10 nitrogen and oxygen atoms in total. The van der Waals surface area contributed by atoms with Gasteiger partial charge in [0.1, 0.15) is 12.1 Å². The lowest BCUT2D eigenvalue weighted by atomic mass is 9.74. The number of rotatable bonds is 4. The largest absolute Gasteiger partial charge is 0.372 e. The van der Waals surface area contributed by atoms with E-state index >= 15 is 0 Å². The smallest absolute Gasteiger partial charge is 0.280 e. The fourth-order valence-corrected chi connectivity index (χ4v) is 9.24. The number of likely N-dealkylation sites (N-methyl/N-ethyl adjacent to an activating group) is 1. The number of anilines is 1. The number of aliphatic hydroxyl groups is 1. The van der Waals surface area contributed by atoms with Gasteiger partial charge in [-0.05, 0) is 61.6 Å². The van der Waals surface area contributed by atoms with E-state index in [9.17, 15) is 19.5 Å². The van der Waals surface area contributed by atoms with Crippen molar-refractivity contribution in [1.82, 2.24) is 20.0 Å². The first-order valence-electron chi connectivity index (χ1n) is 15.5. The van der Waals surface area contributed by atoms with Gasteiger partial charge in [0, 0.05) is 37.2 Å². The second-order valence-electron chi connectivity index (χ2n) is 13.2. The van der Waals surface area contributed by atoms with Gasteiger partial charge < -0.3 is 20.6 Å². The highest BCUT2D eigenvalue weighted by molar-refractivity contribution is 9.09. The van der Waals surface area contributed by atoms with Crippen molar-refractivity contribution in [3.63, 3.8) is 0 Å². The number of hydrogen-bond acceptors (Lipinski definition) is 7. The Morgan fingerprint density at radius 2 is 1.98 bits per heavy atom. The fourth-order valence-electron chi connectivity index (χ4n) is 8.51. The maximum atomic E-state index is 14.2. The Labute approximate surface area is 264 Å². The molecule has 3 N–H and O–H groups in total. The first-order valence-corrected chi connectivity index (χ1v) is 16.4. The molecule has 3 unspecified atom stereocenters. The highest BCUT2D eigenvalue weighted by atomic mass is 79.9. The lowest BCUT2D eigenvalue weighted by Gasteiger charge is -2.48. The minimum absolute atomic E-state index is 0.165. The zero-order chi connectivity index (χ0) is 30.5. The van der Waals surface area contributed by atoms with Gasteiger partial charge in [-0.25, -0.2) is 0 Å². The SMILES string of the molecule is CN1C[C@H](C(=O)N[C@]2(C)O[C@@]3(O)C4CCCN4C(=O)[C@H](Cc4ccccc4)N3C2=O)C=C2c3cccc4c3C(C[C@H]21)C(Br)N4. The molecule has 230 valence electrons. The van der Waals surface area contributed by atoms with Gasteiger partial charge in [0.25, 0.3) is 11.8 Å². The van der Waals surface area contributed by atoms with Gasteiger partial charge in [0.05, 0.1) is 10.9 Å². The van der Waals surface area contributed by atoms with Crippen molar-refractivity contribution in [1.29, 1.82) is 0 Å². The van der Waals surface area contributed by atoms with Crippen LogP contribution in [0.3, 0.4) is 0 Å². The predicted molar refractivity (Wildman–Crippen MR) is 166 cm³/mol. The second kappa shape index (κ2) is 9.87. The van der Waals surface area contributed by atoms with Crippen LogP contribution in [0.5, 0.6) is 0 Å². The van der Waals surface area contributed by atoms with E-state index in [0.717, 1.165) is 28.8 Å². The lowest BCUT2D eigenvalue weighted by Crippen LogP contribution is -2.71. The van der Waals surface area contributed by atoms with E-state index < -0.39 is 35.5 Å². The molecule has 2 aromatic carbocycles. The van der Waals surface area contributed by atoms with Gasteiger partial charge in [-0.15, -0.1) is 0 Å². The topological polar surface area (TPSA) is 114 Å². The molecule has 8 atom stereocenters. The van der Waals surface area contributed by atoms with Gasteiger partial charge in [-0.1, -0.05) is 64.5 Å². The Bertz CT molecular complexity index is 1600. The minimum atomic E-state index is -2.04. The molecule has 5 heterocycles. The van der Waals surface area contributed by atoms with Crippen LogP contribution in [0.25, 0.3) is 5.57 Å². The zero-order valence-corrected chi connectivity index (χ0v) is 26.3. The molecule has 11 heteroatoms. The number of hydrogen-bond donors (Lipinski definition) is 3. The quantitative estimate of drug-likeness (QED) is 0.341. The van der Waals surface area contributed by atoms with E-state index in [0.29, 0.717) is 31.8 Å². The number of nitrogens with one attached hydrogen (secondary N) is 2. The average molecular weight is 663 g/mol. The second-order valence-corrected chi connectivity index (χ2v) is 14.2. The van der Waals surface area contributed by atoms with Crippen molar-refractivity contribution in [3.8, 4) is 0 Å². The van der Waals surface area contributed by atoms with Gasteiger partial charge in [0.15, 0.2) is 0 Å². The average Bonchev–Trinajstić information content (AvgIpc) is 3.67. The number of amides is 3. The standard InChI is InChI=1S/C33H36BrN5O5/c1-32(31(42)39-25(14-18-8-4-3-5-9-18)30(41)38-13-7-12-26(38)33(39,43)44-32)36-29(40)19-15-21-20-10-6-11-23-27(20)22(28(34)35-23)16-24(21)37(2)17-19/h3-6,8-11,15,19,22,24-26,28,35,43H,7,12-14,16-17H2,1-2H3,(H,36,40)/t19-,22?,24-,25+,26?,28?,32-,33+/m1/s1. The molecule has 8 rings (SSSR count). The number of ether oxygens (including phenoxy) is 1. The molecule has 2 aromatic rings. The summed E-state index contributed by atoms with van der Waals surface area (Å²) in [5, 5.41) is 18.5. The number of benzene rings is 2. The fraction of sp³-hybridized carbons (Fsp3) is 0.485. The number of fused-ring (bicyclic) bond motifs is 5. The predicted octanol–water partition coefficient (Wildman–Crippen LogP) is 2.59. The first-order chi connectivity index (χ1) is 21.1. The van der Waals surface area contributed by atoms with Crippen LogP contribution in [0.1, 0.15) is 48.8 Å². The molecule has 1 aliphatic carbocycles. The third kappa shape index (κ3) is 3.98. The third-order valence-electron chi connectivity index (χ3n) is 10.5. The maximum absolute atomic E-state index is 14.2. The van der Waals surface area contributed by atoms with E-state index in [4.69, 9.17) is 4.74 Å². The number of carbonyl (C=O) groups excluding carboxylic acids is 3. The van der Waals surface area contributed by atoms with Crippen LogP contribution in [-0.2, 0) is 25.5 Å². The van der Waals surface area contributed by atoms with Crippen molar-refractivity contribution in [2.24, 2.45) is 5.92 Å². The van der Waals surface area contributed by atoms with Gasteiger partial charge >= 0.3 is 0 Å². The summed E-state index contributed by atoms with van der Waals surface area (Å²) in [7, 11) is 2.04. The van der Waals surface area contributed by atoms with E-state index in [2.05, 4.69) is 43.6 Å². The molecular formula is C33H36BrN5O5. The molecule has 44 heavy (non-hydrogen) atoms. The molecule has 5 aliphatic heterocycles. The number of halogens is 1. The van der Waals surface area contributed by atoms with E-state index in [-0.39, 0.29) is 29.2 Å². The Balaban J connectivity index is 1.10. The summed E-state index contributed by atoms with van der Waals surface area (Å²) < 4.78 is 6.24. The summed E-state index contributed by atoms with van der Waals surface area (Å²) in [5.74, 6) is -3.43. The molecule has 0 aromatic heterocycles. The van der Waals surface area contributed by atoms with Crippen molar-refractivity contribution >= 4 is 44.9 Å². The van der Waals surface area contributed by atoms with Crippen LogP contribution >= 0.6 is 15.9 Å². The van der Waals surface area contributed by atoms with Crippen LogP contribution in [0.4, 0.5) is 5.69 Å². The lowest BCUT2D eigenvalue weighted by molar-refractivity contribution is -0.315. The molecule has 6 aliphatic rings. The number of piperazine rings is 1. The van der Waals surface area contributed by atoms with E-state index in [1.165, 1.54) is 17.4 Å². The normalized spacial score (nSPS) is 37.1. The van der Waals surface area contributed by atoms with Crippen molar-refractivity contribution in [2.75, 3.05) is 25.5 Å². The van der Waals surface area contributed by atoms with Crippen LogP contribution in [-0.4, -0.2) is 92.4 Å². The monoisotopic (exact) mass is 661 g/mol. The molecule has 0 spiro atoms. The van der Waals surface area contributed by atoms with E-state index in [1.54, 1.807) is 4.90 Å². The van der Waals surface area contributed by atoms with Crippen LogP contribution in [0, 0.1) is 5.92 Å². The Kier molecular flexibility index (Phi) is 6.34. The molecule has 3 saturated heterocycles. The first kappa shape index (κ1) is 28.2. The van der Waals surface area contributed by atoms with E-state index in [1.807, 2.05) is 49.5 Å². The minimum Gasteiger partial charge on any atom is -0.372 e. The Morgan fingerprint density at radius 3 is 2.77 bits per heavy atom. The van der Waals surface area contributed by atoms with Crippen LogP contribution in [0.2, 0.25) is 0 Å². The molecule has 0 bridgehead atoms. The summed E-state index contributed by atoms with van der Waals surface area (Å²) in [6.45, 7) is 2.46. The zero-order valence-electron chi connectivity index (χ0n) is 24.7. The summed E-state index contributed by atoms with van der Waals surface area (Å²) in [4.78, 5) is 47.2. The van der Waals surface area contributed by atoms with Crippen LogP contribution in [0.15, 0.2) is 54.6 Å². The molecule has 3 amide bonds. The molecule has 0 saturated carbocycles. The molecule has 0 radical (unpaired) electrons. The Morgan fingerprint density at radius 1 is 1.18 bits per heavy atom. The number of alkyl halides is 1. The highest BCUT2D eigenvalue weighted by Crippen LogP contribution is 2.52. The summed E-state index contributed by atoms with van der Waals surface area (Å²) in [5.41, 5.74) is 3.69. The van der Waals surface area contributed by atoms with Crippen molar-refractivity contribution in [2.45, 2.75) is 73.2 Å². The highest BCUT2D eigenvalue weighted by Gasteiger charge is 2.70. The van der Waals surface area contributed by atoms with Gasteiger partial charge in [-0.3, -0.25) is 28.9 Å². The third-order valence-corrected chi connectivity index (χ3v) is 11.4. The van der Waals surface area contributed by atoms with Gasteiger partial charge in [-0.2, -0.15) is 0 Å². The van der Waals surface area contributed by atoms with Crippen LogP contribution < -0.4 is 10.6 Å². The summed E-state index contributed by atoms with van der Waals surface area (Å²) >= 11 is 3.81. The van der Waals surface area contributed by atoms with Crippen molar-refractivity contribution < 1.29 is 24.2 Å². The summed E-state index contributed by atoms with van der Waals surface area (Å²) in [6, 6.07) is 14.2. The molecular weight excluding hydrogens is 626 g/mol. The van der Waals surface area contributed by atoms with Gasteiger partial charge in [0.2, 0.25) is 17.5 Å². The maximum Gasteiger partial charge on any atom is 0.280 e. The van der Waals surface area contributed by atoms with Crippen molar-refractivity contribution in [3.05, 3.63) is 71.3 Å². The number of nitrogens with zero attached hydrogens (tertiary/aromatic N) is 3. The Hall–Kier alpha value is -3.25. The number of carbonyl (C=O) groups is 3. The molecule has 3 fully saturated rings.